The third kappa shape index (κ3) is 6.01. The van der Waals surface area contributed by atoms with E-state index >= 15 is 0 Å². The van der Waals surface area contributed by atoms with E-state index in [1.807, 2.05) is 68.4 Å². The lowest BCUT2D eigenvalue weighted by Crippen LogP contribution is -2.34. The zero-order valence-electron chi connectivity index (χ0n) is 21.1. The van der Waals surface area contributed by atoms with Gasteiger partial charge in [-0.3, -0.25) is 9.10 Å². The first-order valence-corrected chi connectivity index (χ1v) is 13.4. The van der Waals surface area contributed by atoms with Crippen LogP contribution < -0.4 is 14.4 Å². The van der Waals surface area contributed by atoms with E-state index in [0.29, 0.717) is 5.69 Å². The molecule has 0 spiro atoms. The van der Waals surface area contributed by atoms with Crippen molar-refractivity contribution in [2.45, 2.75) is 31.3 Å². The monoisotopic (exact) mass is 514 g/mol. The summed E-state index contributed by atoms with van der Waals surface area (Å²) in [6.45, 7) is 3.87. The molecule has 0 aromatic heterocycles. The molecule has 0 aliphatic rings. The van der Waals surface area contributed by atoms with Gasteiger partial charge in [-0.05, 0) is 61.4 Å². The Balaban J connectivity index is 1.71. The topological polar surface area (TPSA) is 75.7 Å². The van der Waals surface area contributed by atoms with E-state index in [9.17, 15) is 13.2 Å². The molecular formula is C30H30N2O4S. The fourth-order valence-electron chi connectivity index (χ4n) is 4.02. The van der Waals surface area contributed by atoms with Crippen LogP contribution in [0.1, 0.15) is 40.0 Å². The Bertz CT molecular complexity index is 1450. The van der Waals surface area contributed by atoms with Crippen LogP contribution in [0.5, 0.6) is 5.75 Å². The lowest BCUT2D eigenvalue weighted by molar-refractivity contribution is 0.0940. The number of hydrogen-bond acceptors (Lipinski definition) is 4. The molecule has 1 unspecified atom stereocenters. The number of amides is 1. The highest BCUT2D eigenvalue weighted by molar-refractivity contribution is 7.92. The number of anilines is 1. The van der Waals surface area contributed by atoms with Crippen LogP contribution in [-0.2, 0) is 16.6 Å². The summed E-state index contributed by atoms with van der Waals surface area (Å²) in [5.41, 5.74) is 3.25. The van der Waals surface area contributed by atoms with E-state index in [0.717, 1.165) is 22.4 Å². The molecule has 4 aromatic rings. The highest BCUT2D eigenvalue weighted by Crippen LogP contribution is 2.30. The van der Waals surface area contributed by atoms with Crippen LogP contribution in [0.4, 0.5) is 5.69 Å². The molecule has 4 aromatic carbocycles. The third-order valence-corrected chi connectivity index (χ3v) is 7.93. The van der Waals surface area contributed by atoms with Gasteiger partial charge in [0, 0.05) is 0 Å². The largest absolute Gasteiger partial charge is 0.497 e. The van der Waals surface area contributed by atoms with E-state index in [1.54, 1.807) is 55.6 Å². The van der Waals surface area contributed by atoms with Crippen molar-refractivity contribution in [2.24, 2.45) is 0 Å². The second kappa shape index (κ2) is 11.3. The fourth-order valence-corrected chi connectivity index (χ4v) is 5.49. The zero-order chi connectivity index (χ0) is 26.4. The summed E-state index contributed by atoms with van der Waals surface area (Å²) < 4.78 is 34.3. The van der Waals surface area contributed by atoms with Crippen LogP contribution >= 0.6 is 0 Å². The summed E-state index contributed by atoms with van der Waals surface area (Å²) in [5, 5.41) is 3.01. The first kappa shape index (κ1) is 26.0. The van der Waals surface area contributed by atoms with Gasteiger partial charge in [-0.25, -0.2) is 8.42 Å². The highest BCUT2D eigenvalue weighted by atomic mass is 32.2. The lowest BCUT2D eigenvalue weighted by atomic mass is 10.1. The number of hydrogen-bond donors (Lipinski definition) is 1. The highest BCUT2D eigenvalue weighted by Gasteiger charge is 2.29. The van der Waals surface area contributed by atoms with E-state index < -0.39 is 10.0 Å². The molecule has 0 saturated heterocycles. The number of nitrogens with zero attached hydrogens (tertiary/aromatic N) is 1. The minimum atomic E-state index is -3.97. The van der Waals surface area contributed by atoms with Crippen molar-refractivity contribution in [1.29, 1.82) is 0 Å². The molecule has 1 amide bonds. The Morgan fingerprint density at radius 2 is 1.49 bits per heavy atom. The number of carbonyl (C=O) groups excluding carboxylic acids is 1. The summed E-state index contributed by atoms with van der Waals surface area (Å²) in [5.74, 6) is 0.363. The Kier molecular flexibility index (Phi) is 7.94. The zero-order valence-corrected chi connectivity index (χ0v) is 21.9. The summed E-state index contributed by atoms with van der Waals surface area (Å²) >= 11 is 0. The van der Waals surface area contributed by atoms with Gasteiger partial charge in [-0.1, -0.05) is 72.3 Å². The van der Waals surface area contributed by atoms with E-state index in [2.05, 4.69) is 5.32 Å². The Labute approximate surface area is 218 Å². The average Bonchev–Trinajstić information content (AvgIpc) is 2.92. The maximum absolute atomic E-state index is 13.9. The summed E-state index contributed by atoms with van der Waals surface area (Å²) in [7, 11) is -2.37. The van der Waals surface area contributed by atoms with Gasteiger partial charge in [-0.15, -0.1) is 0 Å². The van der Waals surface area contributed by atoms with E-state index in [1.165, 1.54) is 4.31 Å². The number of para-hydroxylation sites is 1. The summed E-state index contributed by atoms with van der Waals surface area (Å²) in [6, 6.07) is 30.0. The minimum absolute atomic E-state index is 0.0787. The lowest BCUT2D eigenvalue weighted by Gasteiger charge is -2.27. The number of methoxy groups -OCH3 is 1. The predicted molar refractivity (Wildman–Crippen MR) is 146 cm³/mol. The standard InChI is InChI=1S/C30H30N2O4S/c1-22-13-19-27(20-14-22)37(34,35)32(21-24-9-5-4-6-10-24)29-12-8-7-11-28(29)30(33)31-23(2)25-15-17-26(36-3)18-16-25/h4-20,23H,21H2,1-3H3,(H,31,33). The SMILES string of the molecule is COc1ccc(C(C)NC(=O)c2ccccc2N(Cc2ccccc2)S(=O)(=O)c2ccc(C)cc2)cc1. The van der Waals surface area contributed by atoms with Crippen molar-refractivity contribution in [3.05, 3.63) is 125 Å². The normalized spacial score (nSPS) is 12.0. The van der Waals surface area contributed by atoms with Gasteiger partial charge >= 0.3 is 0 Å². The first-order valence-electron chi connectivity index (χ1n) is 12.0. The number of aryl methyl sites for hydroxylation is 1. The van der Waals surface area contributed by atoms with Gasteiger partial charge in [0.05, 0.1) is 35.8 Å². The minimum Gasteiger partial charge on any atom is -0.497 e. The second-order valence-corrected chi connectivity index (χ2v) is 10.7. The van der Waals surface area contributed by atoms with Crippen LogP contribution in [0.2, 0.25) is 0 Å². The fraction of sp³-hybridized carbons (Fsp3) is 0.167. The number of sulfonamides is 1. The molecule has 7 heteroatoms. The predicted octanol–water partition coefficient (Wildman–Crippen LogP) is 5.89. The van der Waals surface area contributed by atoms with Crippen molar-refractivity contribution in [3.8, 4) is 5.75 Å². The van der Waals surface area contributed by atoms with Crippen molar-refractivity contribution in [1.82, 2.24) is 5.32 Å². The smallest absolute Gasteiger partial charge is 0.264 e. The van der Waals surface area contributed by atoms with Crippen molar-refractivity contribution < 1.29 is 17.9 Å². The Hall–Kier alpha value is -4.10. The molecule has 4 rings (SSSR count). The molecule has 0 bridgehead atoms. The Morgan fingerprint density at radius 1 is 0.865 bits per heavy atom. The molecule has 6 nitrogen and oxygen atoms in total. The third-order valence-electron chi connectivity index (χ3n) is 6.16. The molecule has 1 N–H and O–H groups in total. The average molecular weight is 515 g/mol. The molecule has 0 aliphatic carbocycles. The maximum atomic E-state index is 13.9. The van der Waals surface area contributed by atoms with Crippen molar-refractivity contribution in [2.75, 3.05) is 11.4 Å². The molecule has 0 aliphatic heterocycles. The van der Waals surface area contributed by atoms with Gasteiger partial charge < -0.3 is 10.1 Å². The molecule has 0 fully saturated rings. The Morgan fingerprint density at radius 3 is 2.14 bits per heavy atom. The number of ether oxygens (including phenoxy) is 1. The van der Waals surface area contributed by atoms with Crippen molar-refractivity contribution >= 4 is 21.6 Å². The van der Waals surface area contributed by atoms with Gasteiger partial charge in [-0.2, -0.15) is 0 Å². The summed E-state index contributed by atoms with van der Waals surface area (Å²) in [6.07, 6.45) is 0. The first-order chi connectivity index (χ1) is 17.8. The van der Waals surface area contributed by atoms with Gasteiger partial charge in [0.25, 0.3) is 15.9 Å². The number of rotatable bonds is 9. The second-order valence-electron chi connectivity index (χ2n) is 8.80. The summed E-state index contributed by atoms with van der Waals surface area (Å²) in [4.78, 5) is 13.6. The van der Waals surface area contributed by atoms with Crippen molar-refractivity contribution in [3.63, 3.8) is 0 Å². The van der Waals surface area contributed by atoms with Crippen LogP contribution in [-0.4, -0.2) is 21.4 Å². The number of benzene rings is 4. The molecule has 0 heterocycles. The molecule has 0 radical (unpaired) electrons. The van der Waals surface area contributed by atoms with Crippen LogP contribution in [0.15, 0.2) is 108 Å². The molecule has 190 valence electrons. The number of nitrogens with one attached hydrogen (secondary N) is 1. The molecule has 1 atom stereocenters. The quantitative estimate of drug-likeness (QED) is 0.302. The van der Waals surface area contributed by atoms with Crippen LogP contribution in [0.3, 0.4) is 0 Å². The molecule has 37 heavy (non-hydrogen) atoms. The van der Waals surface area contributed by atoms with Gasteiger partial charge in [0.2, 0.25) is 0 Å². The van der Waals surface area contributed by atoms with Crippen LogP contribution in [0, 0.1) is 6.92 Å². The molecule has 0 saturated carbocycles. The van der Waals surface area contributed by atoms with Gasteiger partial charge in [0.15, 0.2) is 0 Å². The number of carbonyl (C=O) groups is 1. The van der Waals surface area contributed by atoms with E-state index in [-0.39, 0.29) is 29.0 Å². The van der Waals surface area contributed by atoms with E-state index in [4.69, 9.17) is 4.74 Å². The van der Waals surface area contributed by atoms with Gasteiger partial charge in [0.1, 0.15) is 5.75 Å². The van der Waals surface area contributed by atoms with Crippen LogP contribution in [0.25, 0.3) is 0 Å². The molecular weight excluding hydrogens is 484 g/mol. The maximum Gasteiger partial charge on any atom is 0.264 e.